The van der Waals surface area contributed by atoms with Crippen LogP contribution in [0.15, 0.2) is 170 Å². The zero-order valence-electron chi connectivity index (χ0n) is 35.2. The van der Waals surface area contributed by atoms with E-state index in [1.54, 1.807) is 18.2 Å². The van der Waals surface area contributed by atoms with Crippen molar-refractivity contribution in [2.24, 2.45) is 0 Å². The van der Waals surface area contributed by atoms with E-state index in [1.165, 1.54) is 0 Å². The third-order valence-corrected chi connectivity index (χ3v) is 7.55. The molecule has 0 saturated heterocycles. The van der Waals surface area contributed by atoms with Crippen LogP contribution in [0.3, 0.4) is 0 Å². The van der Waals surface area contributed by atoms with Gasteiger partial charge in [-0.2, -0.15) is 0 Å². The second-order valence-corrected chi connectivity index (χ2v) is 9.97. The number of hydrogen-bond donors (Lipinski definition) is 0. The standard InChI is InChI=1S/C42H28/c1-2-13-30(14-3-1)41-37-20-6-8-22-39(37)42(40-23-9-7-21-38(40)41)36-19-11-18-34(28-36)32-16-10-17-33(27-32)35-25-24-29-12-4-5-15-31(29)26-35/h1-28H/i1D,2D,3D,6D,7D,8D,9D,13D,14D,20D,21D,22D,23D. The maximum absolute atomic E-state index is 9.21. The molecule has 8 aromatic carbocycles. The van der Waals surface area contributed by atoms with Crippen LogP contribution >= 0.6 is 0 Å². The normalized spacial score (nSPS) is 15.7. The number of hydrogen-bond acceptors (Lipinski definition) is 0. The number of fused-ring (bicyclic) bond motifs is 3. The van der Waals surface area contributed by atoms with Gasteiger partial charge in [-0.15, -0.1) is 0 Å². The molecular weight excluding hydrogens is 504 g/mol. The highest BCUT2D eigenvalue weighted by molar-refractivity contribution is 6.21. The van der Waals surface area contributed by atoms with Gasteiger partial charge in [0.15, 0.2) is 0 Å². The maximum atomic E-state index is 9.21. The monoisotopic (exact) mass is 545 g/mol. The molecule has 0 aromatic heterocycles. The summed E-state index contributed by atoms with van der Waals surface area (Å²) in [4.78, 5) is 0. The number of rotatable bonds is 4. The van der Waals surface area contributed by atoms with Crippen molar-refractivity contribution < 1.29 is 17.8 Å². The zero-order valence-corrected chi connectivity index (χ0v) is 22.2. The molecule has 0 aliphatic rings. The van der Waals surface area contributed by atoms with Crippen molar-refractivity contribution >= 4 is 32.3 Å². The molecule has 0 aliphatic heterocycles. The Balaban J connectivity index is 1.50. The first-order valence-electron chi connectivity index (χ1n) is 20.0. The van der Waals surface area contributed by atoms with Gasteiger partial charge in [0.2, 0.25) is 0 Å². The summed E-state index contributed by atoms with van der Waals surface area (Å²) < 4.78 is 114. The van der Waals surface area contributed by atoms with Crippen LogP contribution in [-0.4, -0.2) is 0 Å². The SMILES string of the molecule is [2H]c1c([2H])c([2H])c(-c2c3c([2H])c([2H])c([2H])c([2H])c3c(-c3cccc(-c4cccc(-c5ccc6ccccc6c5)c4)c3)c3c([2H])c([2H])c([2H])c([2H])c23)c([2H])c1[2H]. The Kier molecular flexibility index (Phi) is 3.50. The molecule has 8 aromatic rings. The zero-order chi connectivity index (χ0) is 39.2. The first kappa shape index (κ1) is 14.4. The first-order valence-corrected chi connectivity index (χ1v) is 13.5. The molecule has 0 amide bonds. The largest absolute Gasteiger partial charge is 0.0629 e. The van der Waals surface area contributed by atoms with E-state index in [4.69, 9.17) is 15.1 Å². The molecule has 0 atom stereocenters. The van der Waals surface area contributed by atoms with Crippen LogP contribution < -0.4 is 0 Å². The number of benzene rings is 8. The van der Waals surface area contributed by atoms with Gasteiger partial charge in [-0.3, -0.25) is 0 Å². The van der Waals surface area contributed by atoms with Crippen molar-refractivity contribution in [2.75, 3.05) is 0 Å². The van der Waals surface area contributed by atoms with E-state index in [-0.39, 0.29) is 32.7 Å². The minimum atomic E-state index is -0.707. The second-order valence-electron chi connectivity index (χ2n) is 9.97. The van der Waals surface area contributed by atoms with Crippen LogP contribution in [0.2, 0.25) is 0 Å². The van der Waals surface area contributed by atoms with Gasteiger partial charge in [-0.25, -0.2) is 0 Å². The Morgan fingerprint density at radius 1 is 0.310 bits per heavy atom. The van der Waals surface area contributed by atoms with Gasteiger partial charge in [0.25, 0.3) is 0 Å². The highest BCUT2D eigenvalue weighted by Gasteiger charge is 2.16. The Morgan fingerprint density at radius 3 is 1.36 bits per heavy atom. The van der Waals surface area contributed by atoms with E-state index in [2.05, 4.69) is 12.1 Å². The van der Waals surface area contributed by atoms with Crippen molar-refractivity contribution in [3.05, 3.63) is 170 Å². The van der Waals surface area contributed by atoms with Gasteiger partial charge >= 0.3 is 0 Å². The van der Waals surface area contributed by atoms with Gasteiger partial charge in [-0.1, -0.05) is 151 Å². The summed E-state index contributed by atoms with van der Waals surface area (Å²) in [6.45, 7) is 0. The molecule has 0 aliphatic carbocycles. The van der Waals surface area contributed by atoms with Crippen molar-refractivity contribution in [3.8, 4) is 44.5 Å². The molecule has 0 fully saturated rings. The van der Waals surface area contributed by atoms with Crippen molar-refractivity contribution in [1.82, 2.24) is 0 Å². The maximum Gasteiger partial charge on any atom is 0.0629 e. The molecule has 0 nitrogen and oxygen atoms in total. The molecule has 0 radical (unpaired) electrons. The van der Waals surface area contributed by atoms with Crippen molar-refractivity contribution in [2.45, 2.75) is 0 Å². The Hall–Kier alpha value is -5.46. The summed E-state index contributed by atoms with van der Waals surface area (Å²) in [5.41, 5.74) is 3.22. The predicted molar refractivity (Wildman–Crippen MR) is 181 cm³/mol. The van der Waals surface area contributed by atoms with Gasteiger partial charge < -0.3 is 0 Å². The first-order chi connectivity index (χ1) is 26.2. The average molecular weight is 546 g/mol. The molecule has 0 heterocycles. The smallest absolute Gasteiger partial charge is 0.0622 e. The lowest BCUT2D eigenvalue weighted by Gasteiger charge is -2.18. The van der Waals surface area contributed by atoms with E-state index in [9.17, 15) is 2.74 Å². The summed E-state index contributed by atoms with van der Waals surface area (Å²) in [7, 11) is 0. The summed E-state index contributed by atoms with van der Waals surface area (Å²) in [5, 5.41) is 1.50. The topological polar surface area (TPSA) is 0 Å². The van der Waals surface area contributed by atoms with Crippen molar-refractivity contribution in [1.29, 1.82) is 0 Å². The molecule has 196 valence electrons. The highest BCUT2D eigenvalue weighted by atomic mass is 14.2. The van der Waals surface area contributed by atoms with E-state index in [1.807, 2.05) is 60.7 Å². The van der Waals surface area contributed by atoms with Gasteiger partial charge in [0, 0.05) is 0 Å². The Bertz CT molecular complexity index is 2860. The molecule has 0 bridgehead atoms. The average Bonchev–Trinajstić information content (AvgIpc) is 3.21. The molecule has 0 unspecified atom stereocenters. The minimum absolute atomic E-state index is 0.0904. The lowest BCUT2D eigenvalue weighted by molar-refractivity contribution is 1.59. The quantitative estimate of drug-likeness (QED) is 0.193. The molecule has 8 rings (SSSR count). The van der Waals surface area contributed by atoms with Crippen LogP contribution in [0.25, 0.3) is 76.8 Å². The van der Waals surface area contributed by atoms with Gasteiger partial charge in [0.05, 0.1) is 17.8 Å². The van der Waals surface area contributed by atoms with E-state index < -0.39 is 84.1 Å². The van der Waals surface area contributed by atoms with E-state index >= 15 is 0 Å². The van der Waals surface area contributed by atoms with E-state index in [0.717, 1.165) is 33.0 Å². The van der Waals surface area contributed by atoms with Crippen LogP contribution in [0.5, 0.6) is 0 Å². The molecule has 0 heteroatoms. The minimum Gasteiger partial charge on any atom is -0.0622 e. The molecule has 42 heavy (non-hydrogen) atoms. The molecular formula is C42H28. The van der Waals surface area contributed by atoms with Crippen molar-refractivity contribution in [3.63, 3.8) is 0 Å². The van der Waals surface area contributed by atoms with Gasteiger partial charge in [-0.05, 0) is 95.0 Å². The summed E-state index contributed by atoms with van der Waals surface area (Å²) in [6.07, 6.45) is 0. The lowest BCUT2D eigenvalue weighted by atomic mass is 9.85. The summed E-state index contributed by atoms with van der Waals surface area (Å²) in [6, 6.07) is 21.1. The van der Waals surface area contributed by atoms with Crippen LogP contribution in [0, 0.1) is 0 Å². The lowest BCUT2D eigenvalue weighted by Crippen LogP contribution is -1.91. The third kappa shape index (κ3) is 4.17. The Morgan fingerprint density at radius 2 is 0.762 bits per heavy atom. The van der Waals surface area contributed by atoms with Crippen LogP contribution in [0.1, 0.15) is 17.8 Å². The van der Waals surface area contributed by atoms with Crippen LogP contribution in [-0.2, 0) is 0 Å². The Labute approximate surface area is 264 Å². The fourth-order valence-electron chi connectivity index (χ4n) is 5.64. The summed E-state index contributed by atoms with van der Waals surface area (Å²) in [5.74, 6) is 0. The summed E-state index contributed by atoms with van der Waals surface area (Å²) >= 11 is 0. The van der Waals surface area contributed by atoms with Crippen LogP contribution in [0.4, 0.5) is 0 Å². The van der Waals surface area contributed by atoms with E-state index in [0.29, 0.717) is 5.56 Å². The molecule has 0 N–H and O–H groups in total. The molecule has 0 saturated carbocycles. The fraction of sp³-hybridized carbons (Fsp3) is 0. The highest BCUT2D eigenvalue weighted by Crippen LogP contribution is 2.44. The predicted octanol–water partition coefficient (Wildman–Crippen LogP) is 11.8. The molecule has 0 spiro atoms. The second kappa shape index (κ2) is 10.2. The fourth-order valence-corrected chi connectivity index (χ4v) is 5.64. The van der Waals surface area contributed by atoms with Gasteiger partial charge in [0.1, 0.15) is 0 Å². The third-order valence-electron chi connectivity index (χ3n) is 7.55.